The third-order valence-corrected chi connectivity index (χ3v) is 3.33. The van der Waals surface area contributed by atoms with E-state index >= 15 is 0 Å². The first-order valence-corrected chi connectivity index (χ1v) is 6.84. The molecule has 3 N–H and O–H groups in total. The summed E-state index contributed by atoms with van der Waals surface area (Å²) in [5, 5.41) is 14.0. The summed E-state index contributed by atoms with van der Waals surface area (Å²) in [4.78, 5) is 22.3. The monoisotopic (exact) mass is 296 g/mol. The van der Waals surface area contributed by atoms with Gasteiger partial charge >= 0.3 is 12.0 Å². The molecule has 0 saturated carbocycles. The van der Waals surface area contributed by atoms with E-state index in [2.05, 4.69) is 10.6 Å². The van der Waals surface area contributed by atoms with Crippen LogP contribution in [-0.4, -0.2) is 23.7 Å². The molecular formula is C15H21FN2O3. The van der Waals surface area contributed by atoms with E-state index in [1.165, 1.54) is 6.07 Å². The highest BCUT2D eigenvalue weighted by atomic mass is 19.1. The Labute approximate surface area is 123 Å². The maximum atomic E-state index is 13.5. The van der Waals surface area contributed by atoms with Crippen LogP contribution in [0.3, 0.4) is 0 Å². The van der Waals surface area contributed by atoms with Crippen LogP contribution in [0.4, 0.5) is 9.18 Å². The standard InChI is InChI=1S/C15H21FN2O3/c1-9-4-5-12(8-13(9)16)11(3)18-15(21)17-7-6-10(2)14(19)20/h4-5,8,10-11H,6-7H2,1-3H3,(H,19,20)(H2,17,18,21). The number of carbonyl (C=O) groups is 2. The van der Waals surface area contributed by atoms with Gasteiger partial charge in [-0.3, -0.25) is 4.79 Å². The number of carboxylic acid groups (broad SMARTS) is 1. The summed E-state index contributed by atoms with van der Waals surface area (Å²) < 4.78 is 13.5. The van der Waals surface area contributed by atoms with E-state index in [1.807, 2.05) is 0 Å². The highest BCUT2D eigenvalue weighted by Gasteiger charge is 2.13. The highest BCUT2D eigenvalue weighted by Crippen LogP contribution is 2.16. The number of halogens is 1. The number of benzene rings is 1. The smallest absolute Gasteiger partial charge is 0.315 e. The molecule has 2 atom stereocenters. The van der Waals surface area contributed by atoms with Crippen LogP contribution < -0.4 is 10.6 Å². The molecule has 116 valence electrons. The molecule has 2 unspecified atom stereocenters. The molecule has 0 aliphatic carbocycles. The van der Waals surface area contributed by atoms with Gasteiger partial charge in [-0.1, -0.05) is 19.1 Å². The number of carboxylic acids is 1. The Balaban J connectivity index is 2.43. The zero-order valence-corrected chi connectivity index (χ0v) is 12.4. The fourth-order valence-corrected chi connectivity index (χ4v) is 1.74. The average Bonchev–Trinajstić information content (AvgIpc) is 2.41. The lowest BCUT2D eigenvalue weighted by atomic mass is 10.1. The van der Waals surface area contributed by atoms with Gasteiger partial charge in [-0.05, 0) is 37.5 Å². The van der Waals surface area contributed by atoms with Crippen molar-refractivity contribution < 1.29 is 19.1 Å². The lowest BCUT2D eigenvalue weighted by Gasteiger charge is -2.16. The summed E-state index contributed by atoms with van der Waals surface area (Å²) in [5.74, 6) is -1.70. The first kappa shape index (κ1) is 16.9. The molecule has 6 heteroatoms. The highest BCUT2D eigenvalue weighted by molar-refractivity contribution is 5.74. The molecule has 0 radical (unpaired) electrons. The SMILES string of the molecule is Cc1ccc(C(C)NC(=O)NCCC(C)C(=O)O)cc1F. The van der Waals surface area contributed by atoms with Gasteiger partial charge in [-0.15, -0.1) is 0 Å². The Morgan fingerprint density at radius 3 is 2.57 bits per heavy atom. The molecule has 2 amide bonds. The van der Waals surface area contributed by atoms with Crippen molar-refractivity contribution >= 4 is 12.0 Å². The molecule has 1 aromatic carbocycles. The van der Waals surface area contributed by atoms with Crippen molar-refractivity contribution in [1.29, 1.82) is 0 Å². The van der Waals surface area contributed by atoms with Crippen LogP contribution in [0.5, 0.6) is 0 Å². The summed E-state index contributed by atoms with van der Waals surface area (Å²) in [6.45, 7) is 5.28. The second-order valence-electron chi connectivity index (χ2n) is 5.16. The van der Waals surface area contributed by atoms with Crippen LogP contribution in [0.1, 0.15) is 37.4 Å². The quantitative estimate of drug-likeness (QED) is 0.755. The number of amides is 2. The molecule has 0 aliphatic rings. The zero-order valence-electron chi connectivity index (χ0n) is 12.4. The number of carbonyl (C=O) groups excluding carboxylic acids is 1. The van der Waals surface area contributed by atoms with Crippen molar-refractivity contribution in [2.45, 2.75) is 33.2 Å². The van der Waals surface area contributed by atoms with Gasteiger partial charge in [0.2, 0.25) is 0 Å². The van der Waals surface area contributed by atoms with Gasteiger partial charge in [-0.25, -0.2) is 9.18 Å². The van der Waals surface area contributed by atoms with Crippen molar-refractivity contribution in [2.75, 3.05) is 6.54 Å². The van der Waals surface area contributed by atoms with Crippen molar-refractivity contribution in [1.82, 2.24) is 10.6 Å². The van der Waals surface area contributed by atoms with Crippen molar-refractivity contribution in [3.63, 3.8) is 0 Å². The minimum atomic E-state index is -0.888. The summed E-state index contributed by atoms with van der Waals surface area (Å²) in [6, 6.07) is 4.08. The average molecular weight is 296 g/mol. The van der Waals surface area contributed by atoms with E-state index < -0.39 is 17.9 Å². The van der Waals surface area contributed by atoms with Crippen LogP contribution in [0, 0.1) is 18.7 Å². The lowest BCUT2D eigenvalue weighted by Crippen LogP contribution is -2.38. The summed E-state index contributed by atoms with van der Waals surface area (Å²) in [7, 11) is 0. The summed E-state index contributed by atoms with van der Waals surface area (Å²) in [6.07, 6.45) is 0.357. The molecule has 21 heavy (non-hydrogen) atoms. The lowest BCUT2D eigenvalue weighted by molar-refractivity contribution is -0.141. The Kier molecular flexibility index (Phi) is 6.14. The third-order valence-electron chi connectivity index (χ3n) is 3.33. The van der Waals surface area contributed by atoms with Crippen LogP contribution in [0.2, 0.25) is 0 Å². The number of hydrogen-bond donors (Lipinski definition) is 3. The predicted molar refractivity (Wildman–Crippen MR) is 77.5 cm³/mol. The Morgan fingerprint density at radius 2 is 2.00 bits per heavy atom. The van der Waals surface area contributed by atoms with E-state index in [0.717, 1.165) is 0 Å². The summed E-state index contributed by atoms with van der Waals surface area (Å²) >= 11 is 0. The van der Waals surface area contributed by atoms with E-state index in [-0.39, 0.29) is 18.4 Å². The molecule has 1 aromatic rings. The molecular weight excluding hydrogens is 275 g/mol. The Hall–Kier alpha value is -2.11. The first-order chi connectivity index (χ1) is 9.81. The second kappa shape index (κ2) is 7.61. The van der Waals surface area contributed by atoms with E-state index in [0.29, 0.717) is 17.5 Å². The molecule has 0 bridgehead atoms. The van der Waals surface area contributed by atoms with Crippen LogP contribution in [0.25, 0.3) is 0 Å². The van der Waals surface area contributed by atoms with Crippen LogP contribution in [-0.2, 0) is 4.79 Å². The Morgan fingerprint density at radius 1 is 1.33 bits per heavy atom. The van der Waals surface area contributed by atoms with Gasteiger partial charge in [-0.2, -0.15) is 0 Å². The third kappa shape index (κ3) is 5.41. The van der Waals surface area contributed by atoms with E-state index in [4.69, 9.17) is 5.11 Å². The first-order valence-electron chi connectivity index (χ1n) is 6.84. The molecule has 0 heterocycles. The number of nitrogens with one attached hydrogen (secondary N) is 2. The van der Waals surface area contributed by atoms with Gasteiger partial charge in [0.05, 0.1) is 12.0 Å². The molecule has 0 spiro atoms. The van der Waals surface area contributed by atoms with E-state index in [9.17, 15) is 14.0 Å². The van der Waals surface area contributed by atoms with Gasteiger partial charge < -0.3 is 15.7 Å². The van der Waals surface area contributed by atoms with Gasteiger partial charge in [0.25, 0.3) is 0 Å². The minimum Gasteiger partial charge on any atom is -0.481 e. The van der Waals surface area contributed by atoms with Gasteiger partial charge in [0.1, 0.15) is 5.82 Å². The van der Waals surface area contributed by atoms with E-state index in [1.54, 1.807) is 32.9 Å². The molecule has 0 aromatic heterocycles. The molecule has 0 aliphatic heterocycles. The van der Waals surface area contributed by atoms with Gasteiger partial charge in [0, 0.05) is 6.54 Å². The number of rotatable bonds is 6. The normalized spacial score (nSPS) is 13.3. The molecule has 1 rings (SSSR count). The number of aryl methyl sites for hydroxylation is 1. The fraction of sp³-hybridized carbons (Fsp3) is 0.467. The van der Waals surface area contributed by atoms with Crippen molar-refractivity contribution in [3.05, 3.63) is 35.1 Å². The zero-order chi connectivity index (χ0) is 16.0. The Bertz CT molecular complexity index is 520. The second-order valence-corrected chi connectivity index (χ2v) is 5.16. The predicted octanol–water partition coefficient (Wildman–Crippen LogP) is 2.61. The number of aliphatic carboxylic acids is 1. The topological polar surface area (TPSA) is 78.4 Å². The largest absolute Gasteiger partial charge is 0.481 e. The maximum Gasteiger partial charge on any atom is 0.315 e. The van der Waals surface area contributed by atoms with Crippen LogP contribution >= 0.6 is 0 Å². The minimum absolute atomic E-state index is 0.272. The number of hydrogen-bond acceptors (Lipinski definition) is 2. The molecule has 5 nitrogen and oxygen atoms in total. The molecule has 0 fully saturated rings. The summed E-state index contributed by atoms with van der Waals surface area (Å²) in [5.41, 5.74) is 1.23. The van der Waals surface area contributed by atoms with Crippen LogP contribution in [0.15, 0.2) is 18.2 Å². The van der Waals surface area contributed by atoms with Crippen molar-refractivity contribution in [3.8, 4) is 0 Å². The van der Waals surface area contributed by atoms with Gasteiger partial charge in [0.15, 0.2) is 0 Å². The number of urea groups is 1. The van der Waals surface area contributed by atoms with Crippen molar-refractivity contribution in [2.24, 2.45) is 5.92 Å². The molecule has 0 saturated heterocycles. The fourth-order valence-electron chi connectivity index (χ4n) is 1.74. The maximum absolute atomic E-state index is 13.5.